The van der Waals surface area contributed by atoms with Crippen molar-refractivity contribution in [3.05, 3.63) is 23.9 Å². The van der Waals surface area contributed by atoms with Crippen LogP contribution in [0.2, 0.25) is 0 Å². The maximum atomic E-state index is 5.47. The monoisotopic (exact) mass is 268 g/mol. The normalized spacial score (nSPS) is 10.9. The molecule has 6 nitrogen and oxygen atoms in total. The first-order chi connectivity index (χ1) is 9.31. The third-order valence-corrected chi connectivity index (χ3v) is 2.86. The summed E-state index contributed by atoms with van der Waals surface area (Å²) in [5.74, 6) is 6.19. The lowest BCUT2D eigenvalue weighted by molar-refractivity contribution is 0.129. The second-order valence-corrected chi connectivity index (χ2v) is 4.27. The Kier molecular flexibility index (Phi) is 8.08. The molecule has 0 aliphatic carbocycles. The van der Waals surface area contributed by atoms with Gasteiger partial charge in [-0.1, -0.05) is 6.07 Å². The van der Waals surface area contributed by atoms with Gasteiger partial charge in [0.25, 0.3) is 0 Å². The van der Waals surface area contributed by atoms with Gasteiger partial charge in [0, 0.05) is 52.2 Å². The number of nitrogens with one attached hydrogen (secondary N) is 1. The van der Waals surface area contributed by atoms with Crippen LogP contribution >= 0.6 is 0 Å². The molecule has 0 amide bonds. The SMILES string of the molecule is COCCCN(CCOC)Cc1cccnc1NN. The Bertz CT molecular complexity index is 349. The molecule has 0 spiro atoms. The second-order valence-electron chi connectivity index (χ2n) is 4.27. The first-order valence-corrected chi connectivity index (χ1v) is 6.42. The zero-order valence-electron chi connectivity index (χ0n) is 11.8. The molecular formula is C13H24N4O2. The van der Waals surface area contributed by atoms with Crippen molar-refractivity contribution >= 4 is 5.82 Å². The van der Waals surface area contributed by atoms with Gasteiger partial charge in [0.05, 0.1) is 6.61 Å². The van der Waals surface area contributed by atoms with Crippen molar-refractivity contribution < 1.29 is 9.47 Å². The minimum atomic E-state index is 0.707. The fraction of sp³-hybridized carbons (Fsp3) is 0.615. The lowest BCUT2D eigenvalue weighted by atomic mass is 10.2. The molecular weight excluding hydrogens is 244 g/mol. The van der Waals surface area contributed by atoms with E-state index in [0.29, 0.717) is 6.61 Å². The fourth-order valence-corrected chi connectivity index (χ4v) is 1.86. The highest BCUT2D eigenvalue weighted by atomic mass is 16.5. The Morgan fingerprint density at radius 3 is 2.74 bits per heavy atom. The van der Waals surface area contributed by atoms with Crippen molar-refractivity contribution in [2.45, 2.75) is 13.0 Å². The predicted molar refractivity (Wildman–Crippen MR) is 75.7 cm³/mol. The quantitative estimate of drug-likeness (QED) is 0.372. The minimum absolute atomic E-state index is 0.707. The zero-order chi connectivity index (χ0) is 13.9. The second kappa shape index (κ2) is 9.69. The molecule has 0 aromatic carbocycles. The van der Waals surface area contributed by atoms with Crippen LogP contribution in [0.25, 0.3) is 0 Å². The molecule has 0 fully saturated rings. The van der Waals surface area contributed by atoms with Crippen LogP contribution in [0.1, 0.15) is 12.0 Å². The summed E-state index contributed by atoms with van der Waals surface area (Å²) in [6, 6.07) is 3.94. The van der Waals surface area contributed by atoms with Crippen molar-refractivity contribution in [1.82, 2.24) is 9.88 Å². The Morgan fingerprint density at radius 1 is 1.26 bits per heavy atom. The van der Waals surface area contributed by atoms with Gasteiger partial charge >= 0.3 is 0 Å². The minimum Gasteiger partial charge on any atom is -0.385 e. The van der Waals surface area contributed by atoms with Crippen LogP contribution in [-0.2, 0) is 16.0 Å². The number of methoxy groups -OCH3 is 2. The average molecular weight is 268 g/mol. The van der Waals surface area contributed by atoms with Gasteiger partial charge in [-0.15, -0.1) is 0 Å². The van der Waals surface area contributed by atoms with E-state index < -0.39 is 0 Å². The van der Waals surface area contributed by atoms with Crippen molar-refractivity contribution in [2.24, 2.45) is 5.84 Å². The van der Waals surface area contributed by atoms with Gasteiger partial charge < -0.3 is 14.9 Å². The Morgan fingerprint density at radius 2 is 2.05 bits per heavy atom. The lowest BCUT2D eigenvalue weighted by Crippen LogP contribution is -2.29. The van der Waals surface area contributed by atoms with E-state index >= 15 is 0 Å². The van der Waals surface area contributed by atoms with Gasteiger partial charge in [-0.05, 0) is 12.5 Å². The van der Waals surface area contributed by atoms with Crippen LogP contribution in [0.3, 0.4) is 0 Å². The Labute approximate surface area is 114 Å². The number of hydrogen-bond acceptors (Lipinski definition) is 6. The summed E-state index contributed by atoms with van der Waals surface area (Å²) in [6.07, 6.45) is 2.72. The van der Waals surface area contributed by atoms with Crippen LogP contribution in [-0.4, -0.2) is 50.4 Å². The third kappa shape index (κ3) is 5.98. The number of hydrazine groups is 1. The van der Waals surface area contributed by atoms with Gasteiger partial charge in [0.1, 0.15) is 5.82 Å². The Hall–Kier alpha value is -1.21. The third-order valence-electron chi connectivity index (χ3n) is 2.86. The van der Waals surface area contributed by atoms with Crippen LogP contribution in [0.4, 0.5) is 5.82 Å². The Balaban J connectivity index is 2.58. The molecule has 0 saturated carbocycles. The fourth-order valence-electron chi connectivity index (χ4n) is 1.86. The van der Waals surface area contributed by atoms with Crippen molar-refractivity contribution in [1.29, 1.82) is 0 Å². The van der Waals surface area contributed by atoms with Gasteiger partial charge in [0.15, 0.2) is 0 Å². The summed E-state index contributed by atoms with van der Waals surface area (Å²) >= 11 is 0. The van der Waals surface area contributed by atoms with E-state index in [9.17, 15) is 0 Å². The highest BCUT2D eigenvalue weighted by molar-refractivity contribution is 5.42. The van der Waals surface area contributed by atoms with Crippen molar-refractivity contribution in [3.8, 4) is 0 Å². The topological polar surface area (TPSA) is 72.6 Å². The first-order valence-electron chi connectivity index (χ1n) is 6.42. The van der Waals surface area contributed by atoms with Gasteiger partial charge in [0.2, 0.25) is 0 Å². The van der Waals surface area contributed by atoms with E-state index in [2.05, 4.69) is 15.3 Å². The van der Waals surface area contributed by atoms with Crippen molar-refractivity contribution in [2.75, 3.05) is 45.9 Å². The van der Waals surface area contributed by atoms with Gasteiger partial charge in [-0.2, -0.15) is 0 Å². The first kappa shape index (κ1) is 15.8. The summed E-state index contributed by atoms with van der Waals surface area (Å²) in [6.45, 7) is 4.09. The molecule has 0 unspecified atom stereocenters. The molecule has 0 bridgehead atoms. The number of hydrogen-bond donors (Lipinski definition) is 2. The van der Waals surface area contributed by atoms with Crippen LogP contribution in [0.15, 0.2) is 18.3 Å². The summed E-state index contributed by atoms with van der Waals surface area (Å²) in [5, 5.41) is 0. The molecule has 1 aromatic heterocycles. The number of pyridine rings is 1. The number of nitrogens with zero attached hydrogens (tertiary/aromatic N) is 2. The van der Waals surface area contributed by atoms with E-state index in [1.807, 2.05) is 12.1 Å². The van der Waals surface area contributed by atoms with E-state index in [1.54, 1.807) is 20.4 Å². The molecule has 0 aliphatic heterocycles. The molecule has 0 atom stereocenters. The van der Waals surface area contributed by atoms with E-state index in [0.717, 1.165) is 44.0 Å². The van der Waals surface area contributed by atoms with E-state index in [-0.39, 0.29) is 0 Å². The lowest BCUT2D eigenvalue weighted by Gasteiger charge is -2.22. The molecule has 0 saturated heterocycles. The van der Waals surface area contributed by atoms with Crippen LogP contribution < -0.4 is 11.3 Å². The maximum absolute atomic E-state index is 5.47. The molecule has 0 aliphatic rings. The molecule has 1 heterocycles. The summed E-state index contributed by atoms with van der Waals surface area (Å²) in [5.41, 5.74) is 3.71. The molecule has 6 heteroatoms. The molecule has 19 heavy (non-hydrogen) atoms. The number of anilines is 1. The van der Waals surface area contributed by atoms with Crippen molar-refractivity contribution in [3.63, 3.8) is 0 Å². The largest absolute Gasteiger partial charge is 0.385 e. The van der Waals surface area contributed by atoms with Crippen LogP contribution in [0, 0.1) is 0 Å². The number of rotatable bonds is 10. The average Bonchev–Trinajstić information content (AvgIpc) is 2.45. The highest BCUT2D eigenvalue weighted by Gasteiger charge is 2.09. The zero-order valence-corrected chi connectivity index (χ0v) is 11.8. The van der Waals surface area contributed by atoms with Gasteiger partial charge in [-0.25, -0.2) is 10.8 Å². The number of ether oxygens (including phenoxy) is 2. The number of nitrogens with two attached hydrogens (primary N) is 1. The number of aromatic nitrogens is 1. The van der Waals surface area contributed by atoms with E-state index in [4.69, 9.17) is 15.3 Å². The highest BCUT2D eigenvalue weighted by Crippen LogP contribution is 2.13. The van der Waals surface area contributed by atoms with E-state index in [1.165, 1.54) is 0 Å². The molecule has 3 N–H and O–H groups in total. The summed E-state index contributed by atoms with van der Waals surface area (Å²) in [4.78, 5) is 6.51. The summed E-state index contributed by atoms with van der Waals surface area (Å²) in [7, 11) is 3.43. The van der Waals surface area contributed by atoms with Crippen LogP contribution in [0.5, 0.6) is 0 Å². The predicted octanol–water partition coefficient (Wildman–Crippen LogP) is 0.852. The standard InChI is InChI=1S/C13H24N4O2/c1-18-9-4-7-17(8-10-19-2)11-12-5-3-6-15-13(12)16-14/h3,5-6H,4,7-11,14H2,1-2H3,(H,15,16). The molecule has 1 aromatic rings. The summed E-state index contributed by atoms with van der Waals surface area (Å²) < 4.78 is 10.2. The smallest absolute Gasteiger partial charge is 0.144 e. The molecule has 1 rings (SSSR count). The number of nitrogen functional groups attached to an aromatic ring is 1. The maximum Gasteiger partial charge on any atom is 0.144 e. The molecule has 108 valence electrons. The molecule has 0 radical (unpaired) electrons. The van der Waals surface area contributed by atoms with Gasteiger partial charge in [-0.3, -0.25) is 4.90 Å².